The van der Waals surface area contributed by atoms with E-state index in [1.54, 1.807) is 0 Å². The molecule has 1 saturated carbocycles. The van der Waals surface area contributed by atoms with Crippen molar-refractivity contribution in [1.82, 2.24) is 5.32 Å². The Morgan fingerprint density at radius 3 is 2.41 bits per heavy atom. The average Bonchev–Trinajstić information content (AvgIpc) is 2.86. The zero-order valence-electron chi connectivity index (χ0n) is 16.3. The standard InChI is InChI=1S/C22H27N3O2/c1-22(2,3)27-21(26)25-20(16-10-6-4-7-11-16)19-13-9-5-8-12-18(19)17(14-23)15-24/h4,6-7,10-11,19-20H,5,8-9,12-13H2,1-3H3,(H,25,26)/t19?,20-/m1/s1. The first kappa shape index (κ1) is 20.5. The summed E-state index contributed by atoms with van der Waals surface area (Å²) in [6.45, 7) is 5.47. The largest absolute Gasteiger partial charge is 0.444 e. The number of benzene rings is 1. The number of rotatable bonds is 3. The molecule has 142 valence electrons. The van der Waals surface area contributed by atoms with E-state index in [4.69, 9.17) is 4.74 Å². The fraction of sp³-hybridized carbons (Fsp3) is 0.500. The van der Waals surface area contributed by atoms with Gasteiger partial charge in [-0.15, -0.1) is 0 Å². The number of hydrogen-bond donors (Lipinski definition) is 1. The van der Waals surface area contributed by atoms with Crippen LogP contribution in [0.1, 0.15) is 64.5 Å². The highest BCUT2D eigenvalue weighted by atomic mass is 16.6. The van der Waals surface area contributed by atoms with Crippen LogP contribution in [0.25, 0.3) is 0 Å². The molecule has 1 fully saturated rings. The maximum atomic E-state index is 12.5. The predicted octanol–water partition coefficient (Wildman–Crippen LogP) is 5.18. The van der Waals surface area contributed by atoms with E-state index in [0.717, 1.165) is 36.8 Å². The van der Waals surface area contributed by atoms with Crippen molar-refractivity contribution in [2.24, 2.45) is 5.92 Å². The lowest BCUT2D eigenvalue weighted by atomic mass is 9.81. The van der Waals surface area contributed by atoms with Crippen molar-refractivity contribution < 1.29 is 9.53 Å². The van der Waals surface area contributed by atoms with Crippen LogP contribution in [0.5, 0.6) is 0 Å². The Hall–Kier alpha value is -2.79. The van der Waals surface area contributed by atoms with E-state index in [9.17, 15) is 15.3 Å². The molecule has 0 spiro atoms. The maximum absolute atomic E-state index is 12.5. The molecule has 1 aromatic carbocycles. The van der Waals surface area contributed by atoms with Gasteiger partial charge in [-0.3, -0.25) is 0 Å². The van der Waals surface area contributed by atoms with Crippen LogP contribution < -0.4 is 5.32 Å². The van der Waals surface area contributed by atoms with Crippen molar-refractivity contribution in [3.05, 3.63) is 47.0 Å². The van der Waals surface area contributed by atoms with Crippen LogP contribution in [0, 0.1) is 28.6 Å². The van der Waals surface area contributed by atoms with Gasteiger partial charge >= 0.3 is 6.09 Å². The summed E-state index contributed by atoms with van der Waals surface area (Å²) in [6.07, 6.45) is 4.04. The third-order valence-corrected chi connectivity index (χ3v) is 4.69. The molecule has 1 N–H and O–H groups in total. The van der Waals surface area contributed by atoms with Crippen LogP contribution in [0.4, 0.5) is 4.79 Å². The summed E-state index contributed by atoms with van der Waals surface area (Å²) in [5.41, 5.74) is 1.37. The van der Waals surface area contributed by atoms with E-state index >= 15 is 0 Å². The summed E-state index contributed by atoms with van der Waals surface area (Å²) in [5, 5.41) is 21.9. The first-order valence-corrected chi connectivity index (χ1v) is 9.43. The third-order valence-electron chi connectivity index (χ3n) is 4.69. The zero-order valence-corrected chi connectivity index (χ0v) is 16.3. The van der Waals surface area contributed by atoms with E-state index < -0.39 is 11.7 Å². The number of allylic oxidation sites excluding steroid dienone is 1. The summed E-state index contributed by atoms with van der Waals surface area (Å²) >= 11 is 0. The van der Waals surface area contributed by atoms with Crippen LogP contribution in [0.3, 0.4) is 0 Å². The quantitative estimate of drug-likeness (QED) is 0.591. The highest BCUT2D eigenvalue weighted by Crippen LogP contribution is 2.39. The number of hydrogen-bond acceptors (Lipinski definition) is 4. The Labute approximate surface area is 161 Å². The lowest BCUT2D eigenvalue weighted by molar-refractivity contribution is 0.0488. The summed E-state index contributed by atoms with van der Waals surface area (Å²) in [7, 11) is 0. The van der Waals surface area contributed by atoms with Gasteiger partial charge in [0.05, 0.1) is 6.04 Å². The second kappa shape index (κ2) is 9.24. The molecule has 0 saturated heterocycles. The number of carbonyl (C=O) groups excluding carboxylic acids is 1. The Morgan fingerprint density at radius 2 is 1.81 bits per heavy atom. The molecular formula is C22H27N3O2. The molecule has 0 aromatic heterocycles. The third kappa shape index (κ3) is 5.86. The van der Waals surface area contributed by atoms with Crippen LogP contribution >= 0.6 is 0 Å². The number of nitrogens with zero attached hydrogens (tertiary/aromatic N) is 2. The Morgan fingerprint density at radius 1 is 1.15 bits per heavy atom. The highest BCUT2D eigenvalue weighted by molar-refractivity contribution is 5.68. The molecule has 0 heterocycles. The van der Waals surface area contributed by atoms with Crippen LogP contribution in [-0.4, -0.2) is 11.7 Å². The van der Waals surface area contributed by atoms with Gasteiger partial charge in [0.1, 0.15) is 23.3 Å². The lowest BCUT2D eigenvalue weighted by Gasteiger charge is -2.31. The number of ether oxygens (including phenoxy) is 1. The fourth-order valence-corrected chi connectivity index (χ4v) is 3.57. The van der Waals surface area contributed by atoms with E-state index in [1.807, 2.05) is 51.1 Å². The minimum atomic E-state index is -0.599. The molecule has 5 nitrogen and oxygen atoms in total. The number of carbonyl (C=O) groups is 1. The van der Waals surface area contributed by atoms with Gasteiger partial charge in [0.15, 0.2) is 0 Å². The van der Waals surface area contributed by atoms with Gasteiger partial charge in [0, 0.05) is 5.92 Å². The molecule has 1 aliphatic rings. The summed E-state index contributed by atoms with van der Waals surface area (Å²) in [4.78, 5) is 12.5. The fourth-order valence-electron chi connectivity index (χ4n) is 3.57. The predicted molar refractivity (Wildman–Crippen MR) is 103 cm³/mol. The van der Waals surface area contributed by atoms with Crippen molar-refractivity contribution in [2.45, 2.75) is 64.5 Å². The molecule has 0 aliphatic heterocycles. The summed E-state index contributed by atoms with van der Waals surface area (Å²) < 4.78 is 5.46. The Bertz CT molecular complexity index is 747. The van der Waals surface area contributed by atoms with Crippen molar-refractivity contribution in [1.29, 1.82) is 10.5 Å². The van der Waals surface area contributed by atoms with Crippen LogP contribution in [0.2, 0.25) is 0 Å². The molecule has 27 heavy (non-hydrogen) atoms. The molecule has 1 unspecified atom stereocenters. The minimum absolute atomic E-state index is 0.100. The number of nitriles is 2. The lowest BCUT2D eigenvalue weighted by Crippen LogP contribution is -2.38. The molecule has 1 aromatic rings. The van der Waals surface area contributed by atoms with E-state index in [1.165, 1.54) is 0 Å². The first-order chi connectivity index (χ1) is 12.9. The van der Waals surface area contributed by atoms with Crippen LogP contribution in [0.15, 0.2) is 41.5 Å². The van der Waals surface area contributed by atoms with Gasteiger partial charge in [-0.2, -0.15) is 10.5 Å². The molecular weight excluding hydrogens is 338 g/mol. The molecule has 1 aliphatic carbocycles. The van der Waals surface area contributed by atoms with Crippen molar-refractivity contribution in [3.63, 3.8) is 0 Å². The zero-order chi connectivity index (χ0) is 19.9. The normalized spacial score (nSPS) is 18.4. The first-order valence-electron chi connectivity index (χ1n) is 9.43. The smallest absolute Gasteiger partial charge is 0.408 e. The van der Waals surface area contributed by atoms with Gasteiger partial charge in [-0.05, 0) is 51.2 Å². The van der Waals surface area contributed by atoms with E-state index in [2.05, 4.69) is 17.5 Å². The minimum Gasteiger partial charge on any atom is -0.444 e. The van der Waals surface area contributed by atoms with Crippen molar-refractivity contribution in [3.8, 4) is 12.1 Å². The second-order valence-electron chi connectivity index (χ2n) is 7.86. The van der Waals surface area contributed by atoms with Gasteiger partial charge in [0.2, 0.25) is 0 Å². The van der Waals surface area contributed by atoms with Crippen LogP contribution in [-0.2, 0) is 4.74 Å². The molecule has 2 rings (SSSR count). The summed E-state index contributed by atoms with van der Waals surface area (Å²) in [6, 6.07) is 13.5. The van der Waals surface area contributed by atoms with E-state index in [-0.39, 0.29) is 17.5 Å². The molecule has 5 heteroatoms. The maximum Gasteiger partial charge on any atom is 0.408 e. The molecule has 2 atom stereocenters. The van der Waals surface area contributed by atoms with Gasteiger partial charge < -0.3 is 10.1 Å². The van der Waals surface area contributed by atoms with Crippen molar-refractivity contribution >= 4 is 6.09 Å². The van der Waals surface area contributed by atoms with Gasteiger partial charge in [-0.1, -0.05) is 43.2 Å². The average molecular weight is 365 g/mol. The summed E-state index contributed by atoms with van der Waals surface area (Å²) in [5.74, 6) is -0.100. The molecule has 0 bridgehead atoms. The molecule has 0 radical (unpaired) electrons. The SMILES string of the molecule is CC(C)(C)OC(=O)N[C@H](c1ccccc1)C1CCCCCC1=C(C#N)C#N. The van der Waals surface area contributed by atoms with Crippen molar-refractivity contribution in [2.75, 3.05) is 0 Å². The van der Waals surface area contributed by atoms with E-state index in [0.29, 0.717) is 6.42 Å². The number of nitrogens with one attached hydrogen (secondary N) is 1. The number of amides is 1. The highest BCUT2D eigenvalue weighted by Gasteiger charge is 2.32. The monoisotopic (exact) mass is 365 g/mol. The Kier molecular flexibility index (Phi) is 7.02. The van der Waals surface area contributed by atoms with Gasteiger partial charge in [0.25, 0.3) is 0 Å². The number of alkyl carbamates (subject to hydrolysis) is 1. The Balaban J connectivity index is 2.44. The second-order valence-corrected chi connectivity index (χ2v) is 7.86. The topological polar surface area (TPSA) is 85.9 Å². The van der Waals surface area contributed by atoms with Gasteiger partial charge in [-0.25, -0.2) is 4.79 Å². The molecule has 1 amide bonds.